The molecule has 0 saturated heterocycles. The molecule has 17 heavy (non-hydrogen) atoms. The summed E-state index contributed by atoms with van der Waals surface area (Å²) in [5.41, 5.74) is 2.29. The zero-order chi connectivity index (χ0) is 13.3. The van der Waals surface area contributed by atoms with E-state index in [-0.39, 0.29) is 5.97 Å². The Bertz CT molecular complexity index is 318. The first-order chi connectivity index (χ1) is 7.95. The van der Waals surface area contributed by atoms with Crippen molar-refractivity contribution < 1.29 is 9.53 Å². The average molecular weight is 236 g/mol. The summed E-state index contributed by atoms with van der Waals surface area (Å²) in [5, 5.41) is 0. The minimum atomic E-state index is -0.302. The maximum Gasteiger partial charge on any atom is 0.330 e. The van der Waals surface area contributed by atoms with Crippen molar-refractivity contribution in [2.45, 2.75) is 40.5 Å². The van der Waals surface area contributed by atoms with Crippen molar-refractivity contribution in [3.05, 3.63) is 35.5 Å². The Labute approximate surface area is 105 Å². The second-order valence-electron chi connectivity index (χ2n) is 4.61. The molecule has 0 saturated carbocycles. The van der Waals surface area contributed by atoms with Crippen molar-refractivity contribution >= 4 is 5.97 Å². The molecule has 96 valence electrons. The van der Waals surface area contributed by atoms with Crippen molar-refractivity contribution in [2.75, 3.05) is 7.11 Å². The number of hydrogen-bond donors (Lipinski definition) is 0. The molecular formula is C15H24O2. The summed E-state index contributed by atoms with van der Waals surface area (Å²) in [6, 6.07) is 0. The molecule has 0 heterocycles. The Morgan fingerprint density at radius 3 is 2.47 bits per heavy atom. The summed E-state index contributed by atoms with van der Waals surface area (Å²) in [7, 11) is 1.39. The fraction of sp³-hybridized carbons (Fsp3) is 0.533. The molecular weight excluding hydrogens is 212 g/mol. The molecule has 0 N–H and O–H groups in total. The number of hydrogen-bond acceptors (Lipinski definition) is 2. The molecule has 0 aromatic heterocycles. The first-order valence-electron chi connectivity index (χ1n) is 6.03. The van der Waals surface area contributed by atoms with Crippen LogP contribution in [0.5, 0.6) is 0 Å². The van der Waals surface area contributed by atoms with E-state index in [4.69, 9.17) is 0 Å². The van der Waals surface area contributed by atoms with Crippen LogP contribution in [0.1, 0.15) is 40.5 Å². The van der Waals surface area contributed by atoms with Crippen LogP contribution in [0.15, 0.2) is 35.5 Å². The molecule has 1 atom stereocenters. The molecule has 2 nitrogen and oxygen atoms in total. The van der Waals surface area contributed by atoms with Crippen molar-refractivity contribution in [2.24, 2.45) is 5.92 Å². The number of ether oxygens (including phenoxy) is 1. The third kappa shape index (κ3) is 9.61. The van der Waals surface area contributed by atoms with Crippen LogP contribution in [0.4, 0.5) is 0 Å². The Morgan fingerprint density at radius 1 is 1.29 bits per heavy atom. The van der Waals surface area contributed by atoms with Crippen LogP contribution in [0, 0.1) is 5.92 Å². The van der Waals surface area contributed by atoms with Gasteiger partial charge in [-0.2, -0.15) is 0 Å². The second kappa shape index (κ2) is 8.80. The van der Waals surface area contributed by atoms with Crippen LogP contribution < -0.4 is 0 Å². The molecule has 0 aliphatic rings. The van der Waals surface area contributed by atoms with Crippen molar-refractivity contribution in [1.29, 1.82) is 0 Å². The molecule has 2 heteroatoms. The van der Waals surface area contributed by atoms with Crippen LogP contribution in [-0.2, 0) is 9.53 Å². The third-order valence-corrected chi connectivity index (χ3v) is 2.41. The van der Waals surface area contributed by atoms with Crippen molar-refractivity contribution in [3.8, 4) is 0 Å². The summed E-state index contributed by atoms with van der Waals surface area (Å²) in [6.07, 6.45) is 10.1. The highest BCUT2D eigenvalue weighted by molar-refractivity contribution is 5.83. The van der Waals surface area contributed by atoms with Gasteiger partial charge in [-0.1, -0.05) is 30.7 Å². The SMILES string of the molecule is COC(=O)C=C(C)C=CC(C)CCC=C(C)C. The van der Waals surface area contributed by atoms with Gasteiger partial charge in [0.2, 0.25) is 0 Å². The van der Waals surface area contributed by atoms with Gasteiger partial charge in [-0.3, -0.25) is 0 Å². The van der Waals surface area contributed by atoms with Gasteiger partial charge in [-0.15, -0.1) is 0 Å². The van der Waals surface area contributed by atoms with E-state index in [9.17, 15) is 4.79 Å². The van der Waals surface area contributed by atoms with Gasteiger partial charge in [-0.25, -0.2) is 4.79 Å². The quantitative estimate of drug-likeness (QED) is 0.301. The van der Waals surface area contributed by atoms with Crippen LogP contribution in [-0.4, -0.2) is 13.1 Å². The third-order valence-electron chi connectivity index (χ3n) is 2.41. The number of esters is 1. The van der Waals surface area contributed by atoms with E-state index in [0.29, 0.717) is 5.92 Å². The first-order valence-corrected chi connectivity index (χ1v) is 6.03. The fourth-order valence-electron chi connectivity index (χ4n) is 1.34. The molecule has 0 aliphatic heterocycles. The van der Waals surface area contributed by atoms with Gasteiger partial charge < -0.3 is 4.74 Å². The second-order valence-corrected chi connectivity index (χ2v) is 4.61. The van der Waals surface area contributed by atoms with E-state index in [1.807, 2.05) is 13.0 Å². The summed E-state index contributed by atoms with van der Waals surface area (Å²) in [5.74, 6) is 0.218. The van der Waals surface area contributed by atoms with Crippen LogP contribution in [0.2, 0.25) is 0 Å². The van der Waals surface area contributed by atoms with E-state index in [2.05, 4.69) is 37.7 Å². The number of methoxy groups -OCH3 is 1. The molecule has 1 unspecified atom stereocenters. The maximum absolute atomic E-state index is 11.0. The highest BCUT2D eigenvalue weighted by Crippen LogP contribution is 2.10. The molecule has 0 amide bonds. The van der Waals surface area contributed by atoms with Gasteiger partial charge in [0.1, 0.15) is 0 Å². The molecule has 0 fully saturated rings. The first kappa shape index (κ1) is 15.7. The van der Waals surface area contributed by atoms with E-state index in [0.717, 1.165) is 18.4 Å². The Morgan fingerprint density at radius 2 is 1.94 bits per heavy atom. The molecule has 0 aromatic carbocycles. The molecule has 0 bridgehead atoms. The van der Waals surface area contributed by atoms with Crippen molar-refractivity contribution in [1.82, 2.24) is 0 Å². The predicted octanol–water partition coefficient (Wildman–Crippen LogP) is 4.04. The van der Waals surface area contributed by atoms with Gasteiger partial charge in [0, 0.05) is 6.08 Å². The lowest BCUT2D eigenvalue weighted by Crippen LogP contribution is -1.95. The zero-order valence-electron chi connectivity index (χ0n) is 11.6. The zero-order valence-corrected chi connectivity index (χ0v) is 11.6. The van der Waals surface area contributed by atoms with E-state index < -0.39 is 0 Å². The van der Waals surface area contributed by atoms with Gasteiger partial charge in [0.15, 0.2) is 0 Å². The number of carbonyl (C=O) groups is 1. The lowest BCUT2D eigenvalue weighted by Gasteiger charge is -2.03. The number of carbonyl (C=O) groups excluding carboxylic acids is 1. The van der Waals surface area contributed by atoms with Gasteiger partial charge in [-0.05, 0) is 45.1 Å². The summed E-state index contributed by atoms with van der Waals surface area (Å²) in [4.78, 5) is 11.0. The summed E-state index contributed by atoms with van der Waals surface area (Å²) in [6.45, 7) is 8.31. The Kier molecular flexibility index (Phi) is 8.12. The number of rotatable bonds is 6. The average Bonchev–Trinajstić information content (AvgIpc) is 2.25. The smallest absolute Gasteiger partial charge is 0.330 e. The normalized spacial score (nSPS) is 13.6. The predicted molar refractivity (Wildman–Crippen MR) is 72.7 cm³/mol. The minimum absolute atomic E-state index is 0.302. The Balaban J connectivity index is 4.10. The van der Waals surface area contributed by atoms with E-state index in [1.165, 1.54) is 18.8 Å². The molecule has 0 spiro atoms. The van der Waals surface area contributed by atoms with Crippen LogP contribution in [0.3, 0.4) is 0 Å². The molecule has 0 radical (unpaired) electrons. The lowest BCUT2D eigenvalue weighted by atomic mass is 10.0. The monoisotopic (exact) mass is 236 g/mol. The van der Waals surface area contributed by atoms with Gasteiger partial charge in [0.25, 0.3) is 0 Å². The van der Waals surface area contributed by atoms with Crippen molar-refractivity contribution in [3.63, 3.8) is 0 Å². The molecule has 0 aliphatic carbocycles. The minimum Gasteiger partial charge on any atom is -0.466 e. The van der Waals surface area contributed by atoms with Gasteiger partial charge >= 0.3 is 5.97 Å². The highest BCUT2D eigenvalue weighted by Gasteiger charge is 1.97. The van der Waals surface area contributed by atoms with Crippen LogP contribution >= 0.6 is 0 Å². The fourth-order valence-corrected chi connectivity index (χ4v) is 1.34. The van der Waals surface area contributed by atoms with Crippen LogP contribution in [0.25, 0.3) is 0 Å². The van der Waals surface area contributed by atoms with E-state index >= 15 is 0 Å². The summed E-state index contributed by atoms with van der Waals surface area (Å²) < 4.78 is 4.56. The van der Waals surface area contributed by atoms with E-state index in [1.54, 1.807) is 0 Å². The lowest BCUT2D eigenvalue weighted by molar-refractivity contribution is -0.134. The maximum atomic E-state index is 11.0. The molecule has 0 aromatic rings. The highest BCUT2D eigenvalue weighted by atomic mass is 16.5. The summed E-state index contributed by atoms with van der Waals surface area (Å²) >= 11 is 0. The standard InChI is InChI=1S/C15H24O2/c1-12(2)7-6-8-13(3)9-10-14(4)11-15(16)17-5/h7,9-11,13H,6,8H2,1-5H3. The number of allylic oxidation sites excluding steroid dienone is 5. The largest absolute Gasteiger partial charge is 0.466 e. The van der Waals surface area contributed by atoms with Gasteiger partial charge in [0.05, 0.1) is 7.11 Å². The Hall–Kier alpha value is -1.31. The molecule has 0 rings (SSSR count). The topological polar surface area (TPSA) is 26.3 Å².